The molecular formula is C12H15F3O4S. The molecule has 0 radical (unpaired) electrons. The van der Waals surface area contributed by atoms with Crippen LogP contribution in [-0.4, -0.2) is 21.3 Å². The van der Waals surface area contributed by atoms with Crippen LogP contribution >= 0.6 is 0 Å². The zero-order chi connectivity index (χ0) is 15.4. The number of hydrogen-bond acceptors (Lipinski definition) is 4. The van der Waals surface area contributed by atoms with Gasteiger partial charge in [-0.25, -0.2) is 0 Å². The van der Waals surface area contributed by atoms with Gasteiger partial charge in [0, 0.05) is 6.61 Å². The van der Waals surface area contributed by atoms with E-state index in [2.05, 4.69) is 4.18 Å². The van der Waals surface area contributed by atoms with E-state index in [9.17, 15) is 21.6 Å². The number of rotatable bonds is 6. The van der Waals surface area contributed by atoms with Crippen LogP contribution in [0.1, 0.15) is 23.6 Å². The number of benzene rings is 1. The predicted molar refractivity (Wildman–Crippen MR) is 66.4 cm³/mol. The Morgan fingerprint density at radius 2 is 1.65 bits per heavy atom. The van der Waals surface area contributed by atoms with Crippen molar-refractivity contribution < 1.29 is 30.5 Å². The van der Waals surface area contributed by atoms with Crippen molar-refractivity contribution in [1.29, 1.82) is 0 Å². The number of halogens is 3. The Morgan fingerprint density at radius 1 is 1.10 bits per heavy atom. The summed E-state index contributed by atoms with van der Waals surface area (Å²) in [5.41, 5.74) is -0.421. The Labute approximate surface area is 115 Å². The summed E-state index contributed by atoms with van der Waals surface area (Å²) in [5, 5.41) is 0. The molecule has 0 N–H and O–H groups in total. The van der Waals surface area contributed by atoms with Crippen molar-refractivity contribution in [3.63, 3.8) is 0 Å². The quantitative estimate of drug-likeness (QED) is 0.758. The molecule has 0 fully saturated rings. The van der Waals surface area contributed by atoms with Crippen molar-refractivity contribution in [1.82, 2.24) is 0 Å². The molecule has 1 aromatic carbocycles. The second-order valence-electron chi connectivity index (χ2n) is 4.14. The van der Waals surface area contributed by atoms with Crippen LogP contribution in [0.15, 0.2) is 18.2 Å². The third kappa shape index (κ3) is 5.89. The van der Waals surface area contributed by atoms with E-state index < -0.39 is 28.5 Å². The summed E-state index contributed by atoms with van der Waals surface area (Å²) in [5.74, 6) is 0. The van der Waals surface area contributed by atoms with Crippen molar-refractivity contribution in [3.05, 3.63) is 34.9 Å². The molecule has 0 heterocycles. The standard InChI is InChI=1S/C12H15F3O4S/c1-3-18-7-9-4-10(8-19-20(2,16)17)6-11(5-9)12(13,14)15/h4-6H,3,7-8H2,1-2H3. The lowest BCUT2D eigenvalue weighted by Crippen LogP contribution is -2.09. The van der Waals surface area contributed by atoms with E-state index in [4.69, 9.17) is 4.74 Å². The van der Waals surface area contributed by atoms with Crippen LogP contribution in [0.25, 0.3) is 0 Å². The van der Waals surface area contributed by atoms with E-state index in [1.807, 2.05) is 0 Å². The highest BCUT2D eigenvalue weighted by atomic mass is 32.2. The smallest absolute Gasteiger partial charge is 0.377 e. The summed E-state index contributed by atoms with van der Waals surface area (Å²) < 4.78 is 69.5. The molecule has 0 atom stereocenters. The molecule has 8 heteroatoms. The van der Waals surface area contributed by atoms with Gasteiger partial charge in [-0.1, -0.05) is 6.07 Å². The van der Waals surface area contributed by atoms with Gasteiger partial charge >= 0.3 is 6.18 Å². The van der Waals surface area contributed by atoms with Gasteiger partial charge in [0.15, 0.2) is 0 Å². The maximum Gasteiger partial charge on any atom is 0.416 e. The number of alkyl halides is 3. The normalized spacial score (nSPS) is 12.7. The van der Waals surface area contributed by atoms with Gasteiger partial charge < -0.3 is 4.74 Å². The molecule has 0 aliphatic carbocycles. The lowest BCUT2D eigenvalue weighted by Gasteiger charge is -2.12. The SMILES string of the molecule is CCOCc1cc(COS(C)(=O)=O)cc(C(F)(F)F)c1. The summed E-state index contributed by atoms with van der Waals surface area (Å²) in [6.45, 7) is 1.67. The van der Waals surface area contributed by atoms with Gasteiger partial charge in [0.1, 0.15) is 0 Å². The fourth-order valence-electron chi connectivity index (χ4n) is 1.49. The lowest BCUT2D eigenvalue weighted by molar-refractivity contribution is -0.137. The summed E-state index contributed by atoms with van der Waals surface area (Å²) in [4.78, 5) is 0. The molecule has 0 saturated carbocycles. The van der Waals surface area contributed by atoms with Crippen LogP contribution in [0.5, 0.6) is 0 Å². The summed E-state index contributed by atoms with van der Waals surface area (Å²) in [7, 11) is -3.71. The van der Waals surface area contributed by atoms with Crippen LogP contribution in [0.4, 0.5) is 13.2 Å². The van der Waals surface area contributed by atoms with Crippen molar-refractivity contribution in [2.75, 3.05) is 12.9 Å². The van der Waals surface area contributed by atoms with Gasteiger partial charge in [0.2, 0.25) is 0 Å². The molecule has 0 saturated heterocycles. The van der Waals surface area contributed by atoms with E-state index in [1.54, 1.807) is 6.92 Å². The third-order valence-corrected chi connectivity index (χ3v) is 2.84. The van der Waals surface area contributed by atoms with E-state index in [-0.39, 0.29) is 12.2 Å². The summed E-state index contributed by atoms with van der Waals surface area (Å²) in [6.07, 6.45) is -3.68. The average Bonchev–Trinajstić information content (AvgIpc) is 2.32. The second kappa shape index (κ2) is 6.55. The van der Waals surface area contributed by atoms with Crippen LogP contribution in [0.2, 0.25) is 0 Å². The first-order chi connectivity index (χ1) is 9.12. The zero-order valence-electron chi connectivity index (χ0n) is 11.0. The van der Waals surface area contributed by atoms with Crippen molar-refractivity contribution in [2.45, 2.75) is 26.3 Å². The van der Waals surface area contributed by atoms with E-state index in [1.165, 1.54) is 6.07 Å². The minimum Gasteiger partial charge on any atom is -0.377 e. The Hall–Kier alpha value is -1.12. The van der Waals surface area contributed by atoms with Crippen molar-refractivity contribution in [2.24, 2.45) is 0 Å². The Bertz CT molecular complexity index is 552. The van der Waals surface area contributed by atoms with Crippen molar-refractivity contribution >= 4 is 10.1 Å². The fraction of sp³-hybridized carbons (Fsp3) is 0.500. The van der Waals surface area contributed by atoms with Crippen LogP contribution in [0, 0.1) is 0 Å². The van der Waals surface area contributed by atoms with Gasteiger partial charge in [0.05, 0.1) is 25.0 Å². The molecule has 4 nitrogen and oxygen atoms in total. The average molecular weight is 312 g/mol. The molecule has 114 valence electrons. The summed E-state index contributed by atoms with van der Waals surface area (Å²) in [6, 6.07) is 3.26. The van der Waals surface area contributed by atoms with Gasteiger partial charge in [-0.3, -0.25) is 4.18 Å². The van der Waals surface area contributed by atoms with Crippen LogP contribution in [0.3, 0.4) is 0 Å². The van der Waals surface area contributed by atoms with Gasteiger partial charge in [-0.05, 0) is 30.2 Å². The molecule has 20 heavy (non-hydrogen) atoms. The van der Waals surface area contributed by atoms with Gasteiger partial charge in [-0.2, -0.15) is 21.6 Å². The van der Waals surface area contributed by atoms with Crippen LogP contribution in [-0.2, 0) is 38.4 Å². The molecule has 0 aliphatic heterocycles. The molecule has 1 aromatic rings. The highest BCUT2D eigenvalue weighted by Crippen LogP contribution is 2.31. The van der Waals surface area contributed by atoms with E-state index in [0.29, 0.717) is 12.2 Å². The topological polar surface area (TPSA) is 52.6 Å². The predicted octanol–water partition coefficient (Wildman–Crippen LogP) is 2.72. The Kier molecular flexibility index (Phi) is 5.55. The zero-order valence-corrected chi connectivity index (χ0v) is 11.8. The maximum absolute atomic E-state index is 12.7. The van der Waals surface area contributed by atoms with Crippen LogP contribution < -0.4 is 0 Å². The first kappa shape index (κ1) is 16.9. The largest absolute Gasteiger partial charge is 0.416 e. The second-order valence-corrected chi connectivity index (χ2v) is 5.78. The molecule has 0 bridgehead atoms. The monoisotopic (exact) mass is 312 g/mol. The highest BCUT2D eigenvalue weighted by molar-refractivity contribution is 7.85. The van der Waals surface area contributed by atoms with Crippen molar-refractivity contribution in [3.8, 4) is 0 Å². The first-order valence-corrected chi connectivity index (χ1v) is 7.55. The molecule has 0 aromatic heterocycles. The molecule has 0 spiro atoms. The maximum atomic E-state index is 12.7. The molecule has 0 aliphatic rings. The van der Waals surface area contributed by atoms with Gasteiger partial charge in [0.25, 0.3) is 10.1 Å². The third-order valence-electron chi connectivity index (χ3n) is 2.29. The fourth-order valence-corrected chi connectivity index (χ4v) is 1.84. The minimum absolute atomic E-state index is 0.0201. The molecule has 1 rings (SSSR count). The highest BCUT2D eigenvalue weighted by Gasteiger charge is 2.31. The number of ether oxygens (including phenoxy) is 1. The van der Waals surface area contributed by atoms with Gasteiger partial charge in [-0.15, -0.1) is 0 Å². The molecular weight excluding hydrogens is 297 g/mol. The number of hydrogen-bond donors (Lipinski definition) is 0. The first-order valence-electron chi connectivity index (χ1n) is 5.74. The molecule has 0 amide bonds. The summed E-state index contributed by atoms with van der Waals surface area (Å²) >= 11 is 0. The Balaban J connectivity index is 3.03. The van der Waals surface area contributed by atoms with E-state index >= 15 is 0 Å². The molecule has 0 unspecified atom stereocenters. The van der Waals surface area contributed by atoms with E-state index in [0.717, 1.165) is 18.4 Å². The lowest BCUT2D eigenvalue weighted by atomic mass is 10.1. The Morgan fingerprint density at radius 3 is 2.10 bits per heavy atom. The minimum atomic E-state index is -4.51.